The molecule has 0 saturated carbocycles. The van der Waals surface area contributed by atoms with E-state index in [9.17, 15) is 24.8 Å². The van der Waals surface area contributed by atoms with Gasteiger partial charge in [-0.3, -0.25) is 15.0 Å². The molecule has 186 valence electrons. The van der Waals surface area contributed by atoms with Gasteiger partial charge in [0.25, 0.3) is 5.69 Å². The van der Waals surface area contributed by atoms with Gasteiger partial charge in [-0.2, -0.15) is 0 Å². The number of carboxylic acids is 1. The smallest absolute Gasteiger partial charge is 0.415 e. The van der Waals surface area contributed by atoms with Crippen LogP contribution in [-0.4, -0.2) is 34.7 Å². The fourth-order valence-corrected chi connectivity index (χ4v) is 6.36. The quantitative estimate of drug-likeness (QED) is 0.254. The van der Waals surface area contributed by atoms with Gasteiger partial charge in [0, 0.05) is 23.8 Å². The first-order chi connectivity index (χ1) is 17.9. The van der Waals surface area contributed by atoms with Crippen molar-refractivity contribution in [3.8, 4) is 11.1 Å². The number of anilines is 1. The van der Waals surface area contributed by atoms with Crippen LogP contribution in [0.15, 0.2) is 72.8 Å². The predicted octanol–water partition coefficient (Wildman–Crippen LogP) is 6.13. The van der Waals surface area contributed by atoms with Crippen LogP contribution in [0.5, 0.6) is 0 Å². The Morgan fingerprint density at radius 3 is 2.32 bits per heavy atom. The third-order valence-electron chi connectivity index (χ3n) is 7.60. The van der Waals surface area contributed by atoms with Gasteiger partial charge in [0.15, 0.2) is 0 Å². The minimum Gasteiger partial charge on any atom is -0.480 e. The molecule has 0 saturated heterocycles. The van der Waals surface area contributed by atoms with Crippen LogP contribution in [0.4, 0.5) is 16.2 Å². The van der Waals surface area contributed by atoms with Gasteiger partial charge >= 0.3 is 12.1 Å². The molecule has 1 heterocycles. The lowest BCUT2D eigenvalue weighted by Crippen LogP contribution is -2.54. The SMILES string of the molecule is O=C(O)[C@@H]1[C@@H]2CC=C[C@@H]2c2c([N+](=O)[O-])ccc(Cl)c2N1C(=O)OCC1c2ccccc2-c2ccccc21. The lowest BCUT2D eigenvalue weighted by atomic mass is 9.77. The summed E-state index contributed by atoms with van der Waals surface area (Å²) in [4.78, 5) is 38.5. The number of rotatable bonds is 4. The van der Waals surface area contributed by atoms with Gasteiger partial charge in [0.2, 0.25) is 0 Å². The highest BCUT2D eigenvalue weighted by Gasteiger charge is 2.51. The number of nitro groups is 1. The zero-order valence-electron chi connectivity index (χ0n) is 19.4. The number of hydrogen-bond acceptors (Lipinski definition) is 5. The van der Waals surface area contributed by atoms with Crippen molar-refractivity contribution in [1.82, 2.24) is 0 Å². The van der Waals surface area contributed by atoms with Gasteiger partial charge < -0.3 is 9.84 Å². The first kappa shape index (κ1) is 23.2. The first-order valence-corrected chi connectivity index (χ1v) is 12.3. The lowest BCUT2D eigenvalue weighted by molar-refractivity contribution is -0.385. The number of amides is 1. The predicted molar refractivity (Wildman–Crippen MR) is 137 cm³/mol. The molecule has 2 aliphatic carbocycles. The van der Waals surface area contributed by atoms with Crippen LogP contribution in [0.3, 0.4) is 0 Å². The molecule has 6 rings (SSSR count). The fraction of sp³-hybridized carbons (Fsp3) is 0.214. The molecule has 1 aliphatic heterocycles. The number of benzene rings is 3. The largest absolute Gasteiger partial charge is 0.480 e. The summed E-state index contributed by atoms with van der Waals surface area (Å²) in [7, 11) is 0. The van der Waals surface area contributed by atoms with Crippen molar-refractivity contribution >= 4 is 35.0 Å². The average molecular weight is 517 g/mol. The van der Waals surface area contributed by atoms with Crippen molar-refractivity contribution in [3.05, 3.63) is 105 Å². The highest BCUT2D eigenvalue weighted by Crippen LogP contribution is 2.53. The second kappa shape index (κ2) is 8.74. The molecule has 1 amide bonds. The maximum Gasteiger partial charge on any atom is 0.415 e. The maximum atomic E-state index is 13.7. The molecule has 3 aromatic carbocycles. The van der Waals surface area contributed by atoms with Crippen LogP contribution in [0.1, 0.15) is 34.9 Å². The summed E-state index contributed by atoms with van der Waals surface area (Å²) in [5, 5.41) is 22.1. The van der Waals surface area contributed by atoms with Crippen molar-refractivity contribution in [1.29, 1.82) is 0 Å². The molecule has 3 aromatic rings. The molecule has 3 aliphatic rings. The van der Waals surface area contributed by atoms with E-state index in [0.29, 0.717) is 6.42 Å². The molecule has 0 unspecified atom stereocenters. The Morgan fingerprint density at radius 2 is 1.70 bits per heavy atom. The Hall–Kier alpha value is -4.17. The first-order valence-electron chi connectivity index (χ1n) is 11.9. The summed E-state index contributed by atoms with van der Waals surface area (Å²) >= 11 is 6.49. The number of aliphatic carboxylic acids is 1. The van der Waals surface area contributed by atoms with Crippen LogP contribution < -0.4 is 4.90 Å². The molecule has 0 bridgehead atoms. The van der Waals surface area contributed by atoms with Gasteiger partial charge in [-0.1, -0.05) is 72.3 Å². The third-order valence-corrected chi connectivity index (χ3v) is 7.90. The molecule has 3 atom stereocenters. The Balaban J connectivity index is 1.40. The van der Waals surface area contributed by atoms with Gasteiger partial charge in [0.1, 0.15) is 12.6 Å². The van der Waals surface area contributed by atoms with E-state index in [0.717, 1.165) is 27.2 Å². The van der Waals surface area contributed by atoms with Crippen molar-refractivity contribution in [3.63, 3.8) is 0 Å². The number of ether oxygens (including phenoxy) is 1. The zero-order valence-corrected chi connectivity index (χ0v) is 20.2. The number of nitrogens with zero attached hydrogens (tertiary/aromatic N) is 2. The second-order valence-electron chi connectivity index (χ2n) is 9.40. The Bertz CT molecular complexity index is 1460. The van der Waals surface area contributed by atoms with Crippen LogP contribution in [-0.2, 0) is 9.53 Å². The molecule has 8 nitrogen and oxygen atoms in total. The summed E-state index contributed by atoms with van der Waals surface area (Å²) in [6.07, 6.45) is 3.01. The zero-order chi connectivity index (χ0) is 25.8. The van der Waals surface area contributed by atoms with Gasteiger partial charge in [-0.15, -0.1) is 0 Å². The number of halogens is 1. The van der Waals surface area contributed by atoms with E-state index in [2.05, 4.69) is 0 Å². The fourth-order valence-electron chi connectivity index (χ4n) is 6.10. The van der Waals surface area contributed by atoms with Gasteiger partial charge in [-0.25, -0.2) is 9.59 Å². The molecular formula is C28H21ClN2O6. The minimum atomic E-state index is -1.29. The molecule has 0 radical (unpaired) electrons. The second-order valence-corrected chi connectivity index (χ2v) is 9.80. The van der Waals surface area contributed by atoms with E-state index in [-0.39, 0.29) is 34.5 Å². The van der Waals surface area contributed by atoms with Crippen molar-refractivity contribution in [2.75, 3.05) is 11.5 Å². The van der Waals surface area contributed by atoms with Crippen LogP contribution in [0, 0.1) is 16.0 Å². The van der Waals surface area contributed by atoms with E-state index in [1.165, 1.54) is 12.1 Å². The molecule has 1 N–H and O–H groups in total. The highest BCUT2D eigenvalue weighted by molar-refractivity contribution is 6.34. The van der Waals surface area contributed by atoms with Crippen LogP contribution in [0.25, 0.3) is 11.1 Å². The van der Waals surface area contributed by atoms with Crippen molar-refractivity contribution in [2.45, 2.75) is 24.3 Å². The van der Waals surface area contributed by atoms with E-state index < -0.39 is 34.9 Å². The highest BCUT2D eigenvalue weighted by atomic mass is 35.5. The molecule has 37 heavy (non-hydrogen) atoms. The Morgan fingerprint density at radius 1 is 1.05 bits per heavy atom. The number of hydrogen-bond donors (Lipinski definition) is 1. The average Bonchev–Trinajstić information content (AvgIpc) is 3.49. The lowest BCUT2D eigenvalue weighted by Gasteiger charge is -2.41. The number of carboxylic acid groups (broad SMARTS) is 1. The summed E-state index contributed by atoms with van der Waals surface area (Å²) in [5.74, 6) is -2.58. The monoisotopic (exact) mass is 516 g/mol. The number of nitro benzene ring substituents is 1. The van der Waals surface area contributed by atoms with E-state index in [4.69, 9.17) is 16.3 Å². The topological polar surface area (TPSA) is 110 Å². The minimum absolute atomic E-state index is 0.0216. The van der Waals surface area contributed by atoms with Gasteiger partial charge in [-0.05, 0) is 34.7 Å². The molecule has 0 spiro atoms. The number of carbonyl (C=O) groups is 2. The third kappa shape index (κ3) is 3.51. The van der Waals surface area contributed by atoms with E-state index >= 15 is 0 Å². The number of fused-ring (bicyclic) bond motifs is 6. The van der Waals surface area contributed by atoms with Crippen LogP contribution >= 0.6 is 11.6 Å². The van der Waals surface area contributed by atoms with Crippen molar-refractivity contribution in [2.24, 2.45) is 5.92 Å². The maximum absolute atomic E-state index is 13.7. The number of carbonyl (C=O) groups excluding carboxylic acids is 1. The van der Waals surface area contributed by atoms with Crippen LogP contribution in [0.2, 0.25) is 5.02 Å². The summed E-state index contributed by atoms with van der Waals surface area (Å²) < 4.78 is 5.80. The molecular weight excluding hydrogens is 496 g/mol. The Kier molecular flexibility index (Phi) is 5.49. The molecule has 0 fully saturated rings. The molecule has 0 aromatic heterocycles. The van der Waals surface area contributed by atoms with E-state index in [1.807, 2.05) is 48.5 Å². The van der Waals surface area contributed by atoms with Crippen molar-refractivity contribution < 1.29 is 24.4 Å². The summed E-state index contributed by atoms with van der Waals surface area (Å²) in [6, 6.07) is 17.1. The van der Waals surface area contributed by atoms with E-state index in [1.54, 1.807) is 12.2 Å². The Labute approximate surface area is 216 Å². The summed E-state index contributed by atoms with van der Waals surface area (Å²) in [6.45, 7) is -0.0239. The standard InChI is InChI=1S/C28H21ClN2O6/c29-22-12-13-23(31(35)36)24-19-10-5-11-20(19)25(27(32)33)30(26(22)24)28(34)37-14-21-17-8-3-1-6-15(17)16-7-2-4-9-18(16)21/h1-10,12-13,19-21,25H,11,14H2,(H,32,33)/t19-,20+,25-/m0/s1. The normalized spacial score (nSPS) is 21.1. The molecule has 9 heteroatoms. The summed E-state index contributed by atoms with van der Waals surface area (Å²) in [5.41, 5.74) is 4.20. The van der Waals surface area contributed by atoms with Gasteiger partial charge in [0.05, 0.1) is 21.2 Å². The number of allylic oxidation sites excluding steroid dienone is 2.